The molecule has 1 saturated carbocycles. The highest BCUT2D eigenvalue weighted by atomic mass is 79.9. The molecule has 0 bridgehead atoms. The molecule has 1 nitrogen and oxygen atoms in total. The molecule has 2 rings (SSSR count). The Morgan fingerprint density at radius 3 is 2.47 bits per heavy atom. The van der Waals surface area contributed by atoms with E-state index in [0.717, 1.165) is 10.2 Å². The highest BCUT2D eigenvalue weighted by Crippen LogP contribution is 2.29. The van der Waals surface area contributed by atoms with Crippen LogP contribution in [0.15, 0.2) is 28.2 Å². The third-order valence-corrected chi connectivity index (χ3v) is 3.79. The van der Waals surface area contributed by atoms with E-state index in [4.69, 9.17) is 4.74 Å². The maximum absolute atomic E-state index is 5.41. The second kappa shape index (κ2) is 6.25. The topological polar surface area (TPSA) is 9.23 Å². The highest BCUT2D eigenvalue weighted by molar-refractivity contribution is 9.10. The van der Waals surface area contributed by atoms with Crippen LogP contribution in [0.25, 0.3) is 6.08 Å². The lowest BCUT2D eigenvalue weighted by molar-refractivity contribution is 0.413. The van der Waals surface area contributed by atoms with Gasteiger partial charge in [0.25, 0.3) is 0 Å². The van der Waals surface area contributed by atoms with Gasteiger partial charge in [-0.2, -0.15) is 0 Å². The molecule has 0 heterocycles. The van der Waals surface area contributed by atoms with E-state index >= 15 is 0 Å². The summed E-state index contributed by atoms with van der Waals surface area (Å²) in [6, 6.07) is 6.18. The van der Waals surface area contributed by atoms with Gasteiger partial charge in [0, 0.05) is 10.0 Å². The van der Waals surface area contributed by atoms with Crippen LogP contribution in [-0.2, 0) is 0 Å². The van der Waals surface area contributed by atoms with Crippen LogP contribution in [0, 0.1) is 0 Å². The molecule has 1 fully saturated rings. The fourth-order valence-electron chi connectivity index (χ4n) is 2.36. The van der Waals surface area contributed by atoms with Gasteiger partial charge in [0.1, 0.15) is 5.75 Å². The third-order valence-electron chi connectivity index (χ3n) is 3.30. The van der Waals surface area contributed by atoms with Crippen LogP contribution in [0.3, 0.4) is 0 Å². The maximum Gasteiger partial charge on any atom is 0.126 e. The Morgan fingerprint density at radius 1 is 1.12 bits per heavy atom. The molecule has 0 spiro atoms. The first-order chi connectivity index (χ1) is 8.29. The van der Waals surface area contributed by atoms with Crippen LogP contribution >= 0.6 is 15.9 Å². The fraction of sp³-hybridized carbons (Fsp3) is 0.467. The standard InChI is InChI=1S/C15H19BrO/c1-17-15-9-8-14(16)11-13(15)10-12-6-4-2-3-5-7-12/h8-11H,2-7H2,1H3. The number of hydrogen-bond donors (Lipinski definition) is 0. The second-order valence-electron chi connectivity index (χ2n) is 4.60. The zero-order valence-corrected chi connectivity index (χ0v) is 11.9. The van der Waals surface area contributed by atoms with Crippen molar-refractivity contribution in [1.29, 1.82) is 0 Å². The summed E-state index contributed by atoms with van der Waals surface area (Å²) in [6.45, 7) is 0. The summed E-state index contributed by atoms with van der Waals surface area (Å²) in [4.78, 5) is 0. The van der Waals surface area contributed by atoms with Gasteiger partial charge in [-0.3, -0.25) is 0 Å². The number of benzene rings is 1. The molecule has 1 aromatic carbocycles. The highest BCUT2D eigenvalue weighted by Gasteiger charge is 2.07. The van der Waals surface area contributed by atoms with E-state index in [1.807, 2.05) is 12.1 Å². The molecule has 1 aromatic rings. The van der Waals surface area contributed by atoms with Crippen molar-refractivity contribution in [3.05, 3.63) is 33.8 Å². The molecule has 92 valence electrons. The Kier molecular flexibility index (Phi) is 4.66. The van der Waals surface area contributed by atoms with E-state index in [1.165, 1.54) is 44.1 Å². The van der Waals surface area contributed by atoms with Gasteiger partial charge in [0.05, 0.1) is 7.11 Å². The minimum absolute atomic E-state index is 0.963. The Bertz CT molecular complexity index is 399. The Labute approximate surface area is 112 Å². The summed E-state index contributed by atoms with van der Waals surface area (Å²) in [7, 11) is 1.73. The second-order valence-corrected chi connectivity index (χ2v) is 5.52. The average Bonchev–Trinajstić information content (AvgIpc) is 2.58. The molecule has 0 amide bonds. The van der Waals surface area contributed by atoms with Crippen LogP contribution < -0.4 is 4.74 Å². The molecule has 0 aliphatic heterocycles. The van der Waals surface area contributed by atoms with Crippen molar-refractivity contribution < 1.29 is 4.74 Å². The van der Waals surface area contributed by atoms with Gasteiger partial charge in [-0.15, -0.1) is 0 Å². The minimum atomic E-state index is 0.963. The van der Waals surface area contributed by atoms with Gasteiger partial charge in [0.15, 0.2) is 0 Å². The van der Waals surface area contributed by atoms with Crippen molar-refractivity contribution in [2.45, 2.75) is 38.5 Å². The minimum Gasteiger partial charge on any atom is -0.496 e. The van der Waals surface area contributed by atoms with E-state index in [2.05, 4.69) is 28.1 Å². The van der Waals surface area contributed by atoms with Crippen molar-refractivity contribution in [2.75, 3.05) is 7.11 Å². The SMILES string of the molecule is COc1ccc(Br)cc1C=C1CCCCCC1. The first-order valence-corrected chi connectivity index (χ1v) is 7.12. The van der Waals surface area contributed by atoms with Crippen LogP contribution in [0.2, 0.25) is 0 Å². The van der Waals surface area contributed by atoms with E-state index in [0.29, 0.717) is 0 Å². The monoisotopic (exact) mass is 294 g/mol. The van der Waals surface area contributed by atoms with E-state index in [1.54, 1.807) is 12.7 Å². The number of halogens is 1. The number of rotatable bonds is 2. The van der Waals surface area contributed by atoms with Crippen molar-refractivity contribution >= 4 is 22.0 Å². The molecule has 1 aliphatic carbocycles. The van der Waals surface area contributed by atoms with Gasteiger partial charge in [-0.25, -0.2) is 0 Å². The zero-order valence-electron chi connectivity index (χ0n) is 10.3. The van der Waals surface area contributed by atoms with Crippen LogP contribution in [0.1, 0.15) is 44.1 Å². The summed E-state index contributed by atoms with van der Waals surface area (Å²) in [5.74, 6) is 0.963. The van der Waals surface area contributed by atoms with Crippen molar-refractivity contribution in [3.63, 3.8) is 0 Å². The molecule has 0 unspecified atom stereocenters. The normalized spacial score (nSPS) is 16.5. The lowest BCUT2D eigenvalue weighted by atomic mass is 10.0. The first kappa shape index (κ1) is 12.7. The van der Waals surface area contributed by atoms with Gasteiger partial charge in [-0.05, 0) is 43.9 Å². The van der Waals surface area contributed by atoms with Crippen molar-refractivity contribution in [2.24, 2.45) is 0 Å². The van der Waals surface area contributed by atoms with E-state index < -0.39 is 0 Å². The summed E-state index contributed by atoms with van der Waals surface area (Å²) in [5.41, 5.74) is 2.76. The summed E-state index contributed by atoms with van der Waals surface area (Å²) >= 11 is 3.52. The first-order valence-electron chi connectivity index (χ1n) is 6.32. The fourth-order valence-corrected chi connectivity index (χ4v) is 2.74. The molecule has 2 heteroatoms. The Morgan fingerprint density at radius 2 is 1.82 bits per heavy atom. The molecule has 0 radical (unpaired) electrons. The molecule has 0 saturated heterocycles. The van der Waals surface area contributed by atoms with Gasteiger partial charge < -0.3 is 4.74 Å². The molecular weight excluding hydrogens is 276 g/mol. The smallest absolute Gasteiger partial charge is 0.126 e. The maximum atomic E-state index is 5.41. The Hall–Kier alpha value is -0.760. The molecule has 0 N–H and O–H groups in total. The van der Waals surface area contributed by atoms with Crippen molar-refractivity contribution in [1.82, 2.24) is 0 Å². The predicted molar refractivity (Wildman–Crippen MR) is 76.4 cm³/mol. The van der Waals surface area contributed by atoms with Crippen LogP contribution in [0.5, 0.6) is 5.75 Å². The predicted octanol–water partition coefficient (Wildman–Crippen LogP) is 5.20. The Balaban J connectivity index is 2.25. The van der Waals surface area contributed by atoms with Crippen molar-refractivity contribution in [3.8, 4) is 5.75 Å². The van der Waals surface area contributed by atoms with Gasteiger partial charge in [-0.1, -0.05) is 40.4 Å². The average molecular weight is 295 g/mol. The molecule has 0 atom stereocenters. The van der Waals surface area contributed by atoms with Crippen LogP contribution in [-0.4, -0.2) is 7.11 Å². The number of allylic oxidation sites excluding steroid dienone is 1. The lowest BCUT2D eigenvalue weighted by Crippen LogP contribution is -1.88. The molecule has 0 aromatic heterocycles. The molecule has 1 aliphatic rings. The summed E-state index contributed by atoms with van der Waals surface area (Å²) < 4.78 is 6.52. The molecular formula is C15H19BrO. The van der Waals surface area contributed by atoms with Gasteiger partial charge >= 0.3 is 0 Å². The summed E-state index contributed by atoms with van der Waals surface area (Å²) in [5, 5.41) is 0. The number of methoxy groups -OCH3 is 1. The van der Waals surface area contributed by atoms with E-state index in [-0.39, 0.29) is 0 Å². The zero-order chi connectivity index (χ0) is 12.1. The largest absolute Gasteiger partial charge is 0.496 e. The summed E-state index contributed by atoms with van der Waals surface area (Å²) in [6.07, 6.45) is 10.2. The lowest BCUT2D eigenvalue weighted by Gasteiger charge is -2.08. The van der Waals surface area contributed by atoms with E-state index in [9.17, 15) is 0 Å². The number of hydrogen-bond acceptors (Lipinski definition) is 1. The van der Waals surface area contributed by atoms with Crippen LogP contribution in [0.4, 0.5) is 0 Å². The third kappa shape index (κ3) is 3.60. The van der Waals surface area contributed by atoms with Gasteiger partial charge in [0.2, 0.25) is 0 Å². The number of ether oxygens (including phenoxy) is 1. The molecule has 17 heavy (non-hydrogen) atoms. The quantitative estimate of drug-likeness (QED) is 0.682.